The molecule has 0 bridgehead atoms. The van der Waals surface area contributed by atoms with Crippen molar-refractivity contribution in [3.05, 3.63) is 0 Å². The molecule has 3 nitrogen and oxygen atoms in total. The number of carbonyl (C=O) groups excluding carboxylic acids is 1. The van der Waals surface area contributed by atoms with Gasteiger partial charge in [-0.05, 0) is 12.7 Å². The Balaban J connectivity index is 3.86. The van der Waals surface area contributed by atoms with Crippen molar-refractivity contribution in [2.45, 2.75) is 26.3 Å². The summed E-state index contributed by atoms with van der Waals surface area (Å²) >= 11 is 1.68. The Hall–Kier alpha value is -0.220. The zero-order valence-electron chi connectivity index (χ0n) is 8.54. The first-order valence-electron chi connectivity index (χ1n) is 4.52. The van der Waals surface area contributed by atoms with Crippen LogP contribution in [-0.4, -0.2) is 35.7 Å². The van der Waals surface area contributed by atoms with Crippen molar-refractivity contribution in [2.24, 2.45) is 5.92 Å². The van der Waals surface area contributed by atoms with E-state index in [9.17, 15) is 4.79 Å². The molecule has 1 unspecified atom stereocenters. The number of hydrogen-bond donors (Lipinski definition) is 2. The van der Waals surface area contributed by atoms with Crippen molar-refractivity contribution >= 4 is 17.7 Å². The molecular formula is C9H19NO2S. The molecule has 1 amide bonds. The van der Waals surface area contributed by atoms with Gasteiger partial charge in [0.05, 0.1) is 0 Å². The zero-order chi connectivity index (χ0) is 10.3. The summed E-state index contributed by atoms with van der Waals surface area (Å²) in [6.07, 6.45) is 2.63. The minimum absolute atomic E-state index is 0.0167. The standard InChI is InChI=1S/C9H19NO2S/c1-7(2)9(12)10-8(4-5-11)6-13-3/h7-8,11H,4-6H2,1-3H3,(H,10,12). The highest BCUT2D eigenvalue weighted by Crippen LogP contribution is 2.02. The maximum atomic E-state index is 11.3. The van der Waals surface area contributed by atoms with Gasteiger partial charge in [-0.1, -0.05) is 13.8 Å². The van der Waals surface area contributed by atoms with E-state index in [0.29, 0.717) is 6.42 Å². The lowest BCUT2D eigenvalue weighted by atomic mass is 10.1. The van der Waals surface area contributed by atoms with Crippen molar-refractivity contribution in [1.82, 2.24) is 5.32 Å². The molecule has 4 heteroatoms. The quantitative estimate of drug-likeness (QED) is 0.676. The van der Waals surface area contributed by atoms with E-state index in [1.165, 1.54) is 0 Å². The largest absolute Gasteiger partial charge is 0.396 e. The summed E-state index contributed by atoms with van der Waals surface area (Å²) in [5.74, 6) is 0.939. The van der Waals surface area contributed by atoms with Gasteiger partial charge in [0, 0.05) is 24.3 Å². The number of amides is 1. The van der Waals surface area contributed by atoms with Crippen LogP contribution in [0, 0.1) is 5.92 Å². The van der Waals surface area contributed by atoms with E-state index >= 15 is 0 Å². The van der Waals surface area contributed by atoms with Gasteiger partial charge in [0.15, 0.2) is 0 Å². The highest BCUT2D eigenvalue weighted by atomic mass is 32.2. The molecule has 0 aromatic heterocycles. The molecule has 0 aliphatic carbocycles. The van der Waals surface area contributed by atoms with Crippen LogP contribution in [0.4, 0.5) is 0 Å². The number of rotatable bonds is 6. The monoisotopic (exact) mass is 205 g/mol. The minimum Gasteiger partial charge on any atom is -0.396 e. The first-order chi connectivity index (χ1) is 6.11. The van der Waals surface area contributed by atoms with E-state index in [4.69, 9.17) is 5.11 Å². The zero-order valence-corrected chi connectivity index (χ0v) is 9.36. The summed E-state index contributed by atoms with van der Waals surface area (Å²) in [6, 6.07) is 0.106. The molecular weight excluding hydrogens is 186 g/mol. The van der Waals surface area contributed by atoms with Crippen LogP contribution in [0.2, 0.25) is 0 Å². The van der Waals surface area contributed by atoms with Gasteiger partial charge in [0.2, 0.25) is 5.91 Å². The van der Waals surface area contributed by atoms with E-state index in [2.05, 4.69) is 5.32 Å². The Kier molecular flexibility index (Phi) is 7.09. The number of aliphatic hydroxyl groups excluding tert-OH is 1. The lowest BCUT2D eigenvalue weighted by molar-refractivity contribution is -0.124. The summed E-state index contributed by atoms with van der Waals surface area (Å²) in [6.45, 7) is 3.86. The van der Waals surface area contributed by atoms with Crippen LogP contribution >= 0.6 is 11.8 Å². The van der Waals surface area contributed by atoms with Crippen molar-refractivity contribution in [3.8, 4) is 0 Å². The van der Waals surface area contributed by atoms with E-state index in [1.54, 1.807) is 11.8 Å². The number of hydrogen-bond acceptors (Lipinski definition) is 3. The topological polar surface area (TPSA) is 49.3 Å². The molecule has 0 aromatic carbocycles. The van der Waals surface area contributed by atoms with Crippen LogP contribution in [0.1, 0.15) is 20.3 Å². The molecule has 0 aliphatic rings. The number of aliphatic hydroxyl groups is 1. The molecule has 13 heavy (non-hydrogen) atoms. The first-order valence-corrected chi connectivity index (χ1v) is 5.91. The maximum Gasteiger partial charge on any atom is 0.222 e. The van der Waals surface area contributed by atoms with Crippen LogP contribution in [0.15, 0.2) is 0 Å². The fraction of sp³-hybridized carbons (Fsp3) is 0.889. The second kappa shape index (κ2) is 7.21. The molecule has 78 valence electrons. The number of thioether (sulfide) groups is 1. The molecule has 0 saturated heterocycles. The third-order valence-electron chi connectivity index (χ3n) is 1.72. The van der Waals surface area contributed by atoms with Crippen molar-refractivity contribution < 1.29 is 9.90 Å². The Morgan fingerprint density at radius 2 is 2.15 bits per heavy atom. The van der Waals surface area contributed by atoms with Gasteiger partial charge in [-0.25, -0.2) is 0 Å². The average molecular weight is 205 g/mol. The van der Waals surface area contributed by atoms with Crippen LogP contribution in [0.5, 0.6) is 0 Å². The van der Waals surface area contributed by atoms with E-state index < -0.39 is 0 Å². The second-order valence-corrected chi connectivity index (χ2v) is 4.24. The Bertz CT molecular complexity index is 145. The minimum atomic E-state index is 0.0167. The normalized spacial score (nSPS) is 13.0. The van der Waals surface area contributed by atoms with Crippen LogP contribution in [-0.2, 0) is 4.79 Å². The smallest absolute Gasteiger partial charge is 0.222 e. The predicted octanol–water partition coefficient (Wildman–Crippen LogP) is 0.873. The summed E-state index contributed by atoms with van der Waals surface area (Å²) in [5.41, 5.74) is 0. The van der Waals surface area contributed by atoms with Gasteiger partial charge in [-0.15, -0.1) is 0 Å². The van der Waals surface area contributed by atoms with Crippen LogP contribution in [0.25, 0.3) is 0 Å². The molecule has 0 rings (SSSR count). The van der Waals surface area contributed by atoms with Gasteiger partial charge in [0.25, 0.3) is 0 Å². The molecule has 0 fully saturated rings. The highest BCUT2D eigenvalue weighted by Gasteiger charge is 2.13. The summed E-state index contributed by atoms with van der Waals surface area (Å²) in [5, 5.41) is 11.7. The van der Waals surface area contributed by atoms with Crippen molar-refractivity contribution in [1.29, 1.82) is 0 Å². The Morgan fingerprint density at radius 3 is 2.54 bits per heavy atom. The fourth-order valence-electron chi connectivity index (χ4n) is 0.922. The molecule has 0 saturated carbocycles. The Labute approximate surface area is 84.3 Å². The predicted molar refractivity (Wildman–Crippen MR) is 56.9 cm³/mol. The molecule has 0 aliphatic heterocycles. The molecule has 0 aromatic rings. The number of nitrogens with one attached hydrogen (secondary N) is 1. The van der Waals surface area contributed by atoms with Gasteiger partial charge < -0.3 is 10.4 Å². The lowest BCUT2D eigenvalue weighted by Gasteiger charge is -2.17. The molecule has 0 heterocycles. The Morgan fingerprint density at radius 1 is 1.54 bits per heavy atom. The van der Waals surface area contributed by atoms with E-state index in [0.717, 1.165) is 5.75 Å². The molecule has 2 N–H and O–H groups in total. The average Bonchev–Trinajstić information content (AvgIpc) is 2.05. The summed E-state index contributed by atoms with van der Waals surface area (Å²) < 4.78 is 0. The first kappa shape index (κ1) is 12.8. The fourth-order valence-corrected chi connectivity index (χ4v) is 1.57. The lowest BCUT2D eigenvalue weighted by Crippen LogP contribution is -2.39. The second-order valence-electron chi connectivity index (χ2n) is 3.33. The van der Waals surface area contributed by atoms with Gasteiger partial charge in [0.1, 0.15) is 0 Å². The highest BCUT2D eigenvalue weighted by molar-refractivity contribution is 7.98. The van der Waals surface area contributed by atoms with Crippen LogP contribution in [0.3, 0.4) is 0 Å². The van der Waals surface area contributed by atoms with Crippen molar-refractivity contribution in [2.75, 3.05) is 18.6 Å². The SMILES string of the molecule is CSCC(CCO)NC(=O)C(C)C. The van der Waals surface area contributed by atoms with Gasteiger partial charge >= 0.3 is 0 Å². The molecule has 1 atom stereocenters. The third kappa shape index (κ3) is 5.93. The van der Waals surface area contributed by atoms with Crippen LogP contribution < -0.4 is 5.32 Å². The van der Waals surface area contributed by atoms with E-state index in [-0.39, 0.29) is 24.5 Å². The van der Waals surface area contributed by atoms with E-state index in [1.807, 2.05) is 20.1 Å². The summed E-state index contributed by atoms with van der Waals surface area (Å²) in [4.78, 5) is 11.3. The van der Waals surface area contributed by atoms with Crippen molar-refractivity contribution in [3.63, 3.8) is 0 Å². The third-order valence-corrected chi connectivity index (χ3v) is 2.45. The summed E-state index contributed by atoms with van der Waals surface area (Å²) in [7, 11) is 0. The van der Waals surface area contributed by atoms with Gasteiger partial charge in [-0.2, -0.15) is 11.8 Å². The molecule has 0 spiro atoms. The number of carbonyl (C=O) groups is 1. The molecule has 0 radical (unpaired) electrons. The van der Waals surface area contributed by atoms with Gasteiger partial charge in [-0.3, -0.25) is 4.79 Å². The maximum absolute atomic E-state index is 11.3.